The van der Waals surface area contributed by atoms with E-state index in [1.165, 1.54) is 0 Å². The Bertz CT molecular complexity index is 228. The van der Waals surface area contributed by atoms with Crippen LogP contribution in [0, 0.1) is 5.92 Å². The molecule has 0 spiro atoms. The van der Waals surface area contributed by atoms with E-state index < -0.39 is 0 Å². The number of nitrogens with zero attached hydrogens (tertiary/aromatic N) is 1. The number of ketones is 1. The van der Waals surface area contributed by atoms with Gasteiger partial charge in [0.1, 0.15) is 5.78 Å². The minimum atomic E-state index is -0.0431. The highest BCUT2D eigenvalue weighted by atomic mass is 16.2. The van der Waals surface area contributed by atoms with Crippen molar-refractivity contribution < 1.29 is 9.59 Å². The molecule has 1 unspecified atom stereocenters. The Labute approximate surface area is 84.7 Å². The van der Waals surface area contributed by atoms with Gasteiger partial charge in [0.15, 0.2) is 0 Å². The second kappa shape index (κ2) is 4.98. The van der Waals surface area contributed by atoms with Gasteiger partial charge in [-0.25, -0.2) is 4.79 Å². The highest BCUT2D eigenvalue weighted by Crippen LogP contribution is 2.15. The number of rotatable bonds is 2. The molecule has 1 saturated heterocycles. The van der Waals surface area contributed by atoms with Crippen LogP contribution in [0.4, 0.5) is 4.79 Å². The van der Waals surface area contributed by atoms with Crippen molar-refractivity contribution in [3.63, 3.8) is 0 Å². The van der Waals surface area contributed by atoms with Gasteiger partial charge in [-0.1, -0.05) is 6.92 Å². The van der Waals surface area contributed by atoms with E-state index in [0.717, 1.165) is 6.42 Å². The van der Waals surface area contributed by atoms with E-state index in [0.29, 0.717) is 31.8 Å². The molecule has 4 heteroatoms. The molecular weight excluding hydrogens is 180 g/mol. The van der Waals surface area contributed by atoms with Crippen molar-refractivity contribution in [3.8, 4) is 0 Å². The molecule has 1 aliphatic heterocycles. The second-order valence-electron chi connectivity index (χ2n) is 3.60. The predicted octanol–water partition coefficient (Wildman–Crippen LogP) is 1.02. The zero-order valence-corrected chi connectivity index (χ0v) is 8.88. The zero-order chi connectivity index (χ0) is 10.6. The van der Waals surface area contributed by atoms with Gasteiger partial charge in [-0.15, -0.1) is 0 Å². The summed E-state index contributed by atoms with van der Waals surface area (Å²) in [5, 5.41) is 2.75. The SMILES string of the molecule is CCNC(=O)N1CCC(=O)C(CC)C1. The number of Topliss-reactive ketones (excluding diaryl/α,β-unsaturated/α-hetero) is 1. The fourth-order valence-electron chi connectivity index (χ4n) is 1.71. The van der Waals surface area contributed by atoms with Gasteiger partial charge in [0, 0.05) is 32.0 Å². The third-order valence-corrected chi connectivity index (χ3v) is 2.63. The number of likely N-dealkylation sites (tertiary alicyclic amines) is 1. The molecule has 2 amide bonds. The number of carbonyl (C=O) groups is 2. The fraction of sp³-hybridized carbons (Fsp3) is 0.800. The molecule has 0 radical (unpaired) electrons. The summed E-state index contributed by atoms with van der Waals surface area (Å²) in [5.41, 5.74) is 0. The third kappa shape index (κ3) is 2.47. The van der Waals surface area contributed by atoms with E-state index in [1.807, 2.05) is 13.8 Å². The first-order valence-corrected chi connectivity index (χ1v) is 5.24. The van der Waals surface area contributed by atoms with Crippen molar-refractivity contribution in [1.82, 2.24) is 10.2 Å². The van der Waals surface area contributed by atoms with Crippen molar-refractivity contribution >= 4 is 11.8 Å². The first kappa shape index (κ1) is 11.0. The number of nitrogens with one attached hydrogen (secondary N) is 1. The minimum Gasteiger partial charge on any atom is -0.338 e. The summed E-state index contributed by atoms with van der Waals surface area (Å²) in [4.78, 5) is 24.6. The van der Waals surface area contributed by atoms with Crippen LogP contribution in [0.2, 0.25) is 0 Å². The van der Waals surface area contributed by atoms with Gasteiger partial charge in [0.25, 0.3) is 0 Å². The number of carbonyl (C=O) groups excluding carboxylic acids is 2. The normalized spacial score (nSPS) is 22.3. The van der Waals surface area contributed by atoms with E-state index in [1.54, 1.807) is 4.90 Å². The third-order valence-electron chi connectivity index (χ3n) is 2.63. The molecule has 1 rings (SSSR count). The molecule has 0 aliphatic carbocycles. The monoisotopic (exact) mass is 198 g/mol. The average molecular weight is 198 g/mol. The minimum absolute atomic E-state index is 0.0431. The highest BCUT2D eigenvalue weighted by Gasteiger charge is 2.27. The van der Waals surface area contributed by atoms with Crippen molar-refractivity contribution in [2.24, 2.45) is 5.92 Å². The van der Waals surface area contributed by atoms with Crippen LogP contribution >= 0.6 is 0 Å². The standard InChI is InChI=1S/C10H18N2O2/c1-3-8-7-12(6-5-9(8)13)10(14)11-4-2/h8H,3-7H2,1-2H3,(H,11,14). The van der Waals surface area contributed by atoms with Crippen LogP contribution in [-0.4, -0.2) is 36.3 Å². The lowest BCUT2D eigenvalue weighted by Crippen LogP contribution is -2.48. The molecule has 14 heavy (non-hydrogen) atoms. The summed E-state index contributed by atoms with van der Waals surface area (Å²) in [6.45, 7) is 5.68. The van der Waals surface area contributed by atoms with Gasteiger partial charge in [0.05, 0.1) is 0 Å². The quantitative estimate of drug-likeness (QED) is 0.720. The van der Waals surface area contributed by atoms with Crippen LogP contribution in [0.25, 0.3) is 0 Å². The number of amides is 2. The van der Waals surface area contributed by atoms with Gasteiger partial charge in [-0.3, -0.25) is 4.79 Å². The zero-order valence-electron chi connectivity index (χ0n) is 8.88. The summed E-state index contributed by atoms with van der Waals surface area (Å²) >= 11 is 0. The molecule has 1 heterocycles. The van der Waals surface area contributed by atoms with Crippen LogP contribution < -0.4 is 5.32 Å². The van der Waals surface area contributed by atoms with Crippen molar-refractivity contribution in [3.05, 3.63) is 0 Å². The van der Waals surface area contributed by atoms with E-state index in [2.05, 4.69) is 5.32 Å². The Morgan fingerprint density at radius 2 is 2.29 bits per heavy atom. The van der Waals surface area contributed by atoms with Crippen molar-refractivity contribution in [2.45, 2.75) is 26.7 Å². The van der Waals surface area contributed by atoms with Gasteiger partial charge in [0.2, 0.25) is 0 Å². The Kier molecular flexibility index (Phi) is 3.92. The number of hydrogen-bond acceptors (Lipinski definition) is 2. The topological polar surface area (TPSA) is 49.4 Å². The van der Waals surface area contributed by atoms with Crippen LogP contribution in [0.1, 0.15) is 26.7 Å². The highest BCUT2D eigenvalue weighted by molar-refractivity contribution is 5.84. The summed E-state index contributed by atoms with van der Waals surface area (Å²) in [5.74, 6) is 0.347. The molecule has 4 nitrogen and oxygen atoms in total. The average Bonchev–Trinajstić information content (AvgIpc) is 2.19. The largest absolute Gasteiger partial charge is 0.338 e. The summed E-state index contributed by atoms with van der Waals surface area (Å²) in [7, 11) is 0. The smallest absolute Gasteiger partial charge is 0.317 e. The van der Waals surface area contributed by atoms with Crippen LogP contribution in [-0.2, 0) is 4.79 Å². The van der Waals surface area contributed by atoms with Crippen molar-refractivity contribution in [1.29, 1.82) is 0 Å². The van der Waals surface area contributed by atoms with Gasteiger partial charge in [-0.05, 0) is 13.3 Å². The Hall–Kier alpha value is -1.06. The first-order chi connectivity index (χ1) is 6.69. The summed E-state index contributed by atoms with van der Waals surface area (Å²) in [6.07, 6.45) is 1.34. The molecule has 80 valence electrons. The van der Waals surface area contributed by atoms with Gasteiger partial charge in [-0.2, -0.15) is 0 Å². The Morgan fingerprint density at radius 3 is 2.86 bits per heavy atom. The number of piperidine rings is 1. The second-order valence-corrected chi connectivity index (χ2v) is 3.60. The predicted molar refractivity (Wildman–Crippen MR) is 54.1 cm³/mol. The van der Waals surface area contributed by atoms with E-state index in [4.69, 9.17) is 0 Å². The summed E-state index contributed by atoms with van der Waals surface area (Å²) in [6, 6.07) is -0.0431. The molecule has 1 aliphatic rings. The molecule has 0 saturated carbocycles. The molecule has 1 fully saturated rings. The molecule has 0 aromatic carbocycles. The van der Waals surface area contributed by atoms with Crippen LogP contribution in [0.15, 0.2) is 0 Å². The van der Waals surface area contributed by atoms with Crippen molar-refractivity contribution in [2.75, 3.05) is 19.6 Å². The lowest BCUT2D eigenvalue weighted by molar-refractivity contribution is -0.125. The van der Waals surface area contributed by atoms with Crippen LogP contribution in [0.3, 0.4) is 0 Å². The van der Waals surface area contributed by atoms with Gasteiger partial charge >= 0.3 is 6.03 Å². The van der Waals surface area contributed by atoms with Crippen LogP contribution in [0.5, 0.6) is 0 Å². The number of urea groups is 1. The lowest BCUT2D eigenvalue weighted by atomic mass is 9.94. The van der Waals surface area contributed by atoms with Gasteiger partial charge < -0.3 is 10.2 Å². The lowest BCUT2D eigenvalue weighted by Gasteiger charge is -2.31. The fourth-order valence-corrected chi connectivity index (χ4v) is 1.71. The Balaban J connectivity index is 2.49. The maximum atomic E-state index is 11.5. The summed E-state index contributed by atoms with van der Waals surface area (Å²) < 4.78 is 0. The molecule has 0 aromatic rings. The van der Waals surface area contributed by atoms with E-state index >= 15 is 0 Å². The Morgan fingerprint density at radius 1 is 1.57 bits per heavy atom. The maximum absolute atomic E-state index is 11.5. The maximum Gasteiger partial charge on any atom is 0.317 e. The molecule has 1 N–H and O–H groups in total. The first-order valence-electron chi connectivity index (χ1n) is 5.24. The molecule has 0 bridgehead atoms. The molecule has 1 atom stereocenters. The van der Waals surface area contributed by atoms with E-state index in [9.17, 15) is 9.59 Å². The number of hydrogen-bond donors (Lipinski definition) is 1. The van der Waals surface area contributed by atoms with E-state index in [-0.39, 0.29) is 11.9 Å². The molecule has 0 aromatic heterocycles. The molecular formula is C10H18N2O2.